The van der Waals surface area contributed by atoms with E-state index in [0.717, 1.165) is 16.7 Å². The molecule has 0 saturated heterocycles. The van der Waals surface area contributed by atoms with E-state index in [1.165, 1.54) is 15.7 Å². The topological polar surface area (TPSA) is 76.0 Å². The van der Waals surface area contributed by atoms with E-state index in [-0.39, 0.29) is 17.4 Å². The normalized spacial score (nSPS) is 11.9. The molecule has 0 bridgehead atoms. The Morgan fingerprint density at radius 3 is 2.12 bits per heavy atom. The van der Waals surface area contributed by atoms with Crippen LogP contribution in [0.3, 0.4) is 0 Å². The summed E-state index contributed by atoms with van der Waals surface area (Å²) in [6.07, 6.45) is 7.38. The van der Waals surface area contributed by atoms with E-state index < -0.39 is 6.04 Å². The van der Waals surface area contributed by atoms with Crippen LogP contribution in [0.25, 0.3) is 11.1 Å². The van der Waals surface area contributed by atoms with Crippen molar-refractivity contribution in [1.82, 2.24) is 14.9 Å². The Balaban J connectivity index is 0.000000902. The molecule has 0 aliphatic carbocycles. The Labute approximate surface area is 245 Å². The van der Waals surface area contributed by atoms with Gasteiger partial charge in [-0.05, 0) is 61.6 Å². The molecule has 4 aromatic rings. The number of aromatic nitrogens is 2. The molecule has 0 saturated carbocycles. The van der Waals surface area contributed by atoms with Crippen LogP contribution in [0, 0.1) is 6.92 Å². The van der Waals surface area contributed by atoms with Crippen LogP contribution in [0.1, 0.15) is 63.3 Å². The number of carbonyl (C=O) groups excluding carboxylic acids is 1. The summed E-state index contributed by atoms with van der Waals surface area (Å²) in [5.41, 5.74) is 4.85. The van der Waals surface area contributed by atoms with Crippen molar-refractivity contribution >= 4 is 11.7 Å². The number of rotatable bonds is 8. The molecule has 0 spiro atoms. The molecule has 41 heavy (non-hydrogen) atoms. The van der Waals surface area contributed by atoms with Crippen molar-refractivity contribution in [2.24, 2.45) is 7.05 Å². The molecule has 6 nitrogen and oxygen atoms in total. The van der Waals surface area contributed by atoms with Gasteiger partial charge in [0.05, 0.1) is 0 Å². The fourth-order valence-corrected chi connectivity index (χ4v) is 3.88. The Kier molecular flexibility index (Phi) is 14.0. The van der Waals surface area contributed by atoms with Crippen LogP contribution >= 0.6 is 0 Å². The number of anilines is 1. The predicted octanol–water partition coefficient (Wildman–Crippen LogP) is 7.44. The monoisotopic (exact) mass is 552 g/mol. The van der Waals surface area contributed by atoms with E-state index in [0.29, 0.717) is 12.4 Å². The molecule has 2 heterocycles. The highest BCUT2D eigenvalue weighted by Crippen LogP contribution is 2.21. The van der Waals surface area contributed by atoms with Crippen molar-refractivity contribution in [3.8, 4) is 11.1 Å². The van der Waals surface area contributed by atoms with Gasteiger partial charge >= 0.3 is 0 Å². The molecule has 2 atom stereocenters. The molecule has 0 aliphatic rings. The molecule has 216 valence electrons. The molecule has 0 aliphatic heterocycles. The highest BCUT2D eigenvalue weighted by atomic mass is 16.2. The van der Waals surface area contributed by atoms with Crippen molar-refractivity contribution in [2.45, 2.75) is 53.5 Å². The first-order valence-electron chi connectivity index (χ1n) is 14.2. The number of hydrogen-bond donors (Lipinski definition) is 2. The summed E-state index contributed by atoms with van der Waals surface area (Å²) in [5, 5.41) is 6.37. The first kappa shape index (κ1) is 32.9. The molecule has 2 N–H and O–H groups in total. The third-order valence-corrected chi connectivity index (χ3v) is 6.46. The zero-order valence-corrected chi connectivity index (χ0v) is 25.4. The van der Waals surface area contributed by atoms with Gasteiger partial charge < -0.3 is 15.2 Å². The van der Waals surface area contributed by atoms with Gasteiger partial charge in [0.15, 0.2) is 0 Å². The zero-order chi connectivity index (χ0) is 30.2. The van der Waals surface area contributed by atoms with Gasteiger partial charge in [0.25, 0.3) is 5.56 Å². The van der Waals surface area contributed by atoms with Gasteiger partial charge in [-0.15, -0.1) is 0 Å². The van der Waals surface area contributed by atoms with E-state index in [2.05, 4.69) is 53.7 Å². The second-order valence-electron chi connectivity index (χ2n) is 9.52. The van der Waals surface area contributed by atoms with Crippen LogP contribution in [-0.4, -0.2) is 22.0 Å². The molecule has 2 aromatic heterocycles. The van der Waals surface area contributed by atoms with E-state index in [1.54, 1.807) is 31.6 Å². The van der Waals surface area contributed by atoms with E-state index in [1.807, 2.05) is 82.3 Å². The Bertz CT molecular complexity index is 1410. The van der Waals surface area contributed by atoms with Crippen LogP contribution in [0.2, 0.25) is 0 Å². The average Bonchev–Trinajstić information content (AvgIpc) is 3.01. The number of amides is 1. The molecule has 0 radical (unpaired) electrons. The van der Waals surface area contributed by atoms with E-state index >= 15 is 0 Å². The van der Waals surface area contributed by atoms with Crippen LogP contribution in [0.4, 0.5) is 5.82 Å². The summed E-state index contributed by atoms with van der Waals surface area (Å²) < 4.78 is 1.52. The average molecular weight is 553 g/mol. The Morgan fingerprint density at radius 2 is 1.56 bits per heavy atom. The third-order valence-electron chi connectivity index (χ3n) is 6.46. The maximum Gasteiger partial charge on any atom is 0.250 e. The lowest BCUT2D eigenvalue weighted by molar-refractivity contribution is -0.118. The highest BCUT2D eigenvalue weighted by Gasteiger charge is 2.21. The molecule has 4 rings (SSSR count). The van der Waals surface area contributed by atoms with Crippen LogP contribution in [0.15, 0.2) is 108 Å². The predicted molar refractivity (Wildman–Crippen MR) is 172 cm³/mol. The number of nitrogens with one attached hydrogen (secondary N) is 2. The molecule has 0 fully saturated rings. The number of allylic oxidation sites excluding steroid dienone is 2. The lowest BCUT2D eigenvalue weighted by Crippen LogP contribution is -2.35. The van der Waals surface area contributed by atoms with Gasteiger partial charge in [-0.3, -0.25) is 9.59 Å². The van der Waals surface area contributed by atoms with E-state index in [9.17, 15) is 9.59 Å². The van der Waals surface area contributed by atoms with Gasteiger partial charge in [-0.2, -0.15) is 0 Å². The van der Waals surface area contributed by atoms with Crippen LogP contribution < -0.4 is 16.2 Å². The maximum atomic E-state index is 13.3. The van der Waals surface area contributed by atoms with Gasteiger partial charge in [-0.1, -0.05) is 93.1 Å². The second-order valence-corrected chi connectivity index (χ2v) is 9.52. The molecule has 2 unspecified atom stereocenters. The number of benzene rings is 2. The van der Waals surface area contributed by atoms with Gasteiger partial charge in [-0.25, -0.2) is 4.98 Å². The zero-order valence-electron chi connectivity index (χ0n) is 25.4. The first-order chi connectivity index (χ1) is 19.8. The van der Waals surface area contributed by atoms with Crippen molar-refractivity contribution in [3.05, 3.63) is 130 Å². The van der Waals surface area contributed by atoms with Crippen LogP contribution in [-0.2, 0) is 11.8 Å². The van der Waals surface area contributed by atoms with Crippen molar-refractivity contribution in [1.29, 1.82) is 0 Å². The highest BCUT2D eigenvalue weighted by molar-refractivity contribution is 5.95. The summed E-state index contributed by atoms with van der Waals surface area (Å²) >= 11 is 0. The fraction of sp³-hybridized carbons (Fsp3) is 0.286. The SMILES string of the molecule is C/C=C\C.CC.Cc1ccc(C(C)CNC(C(=O)Nc2ccc(-c3ccn(C)c(=O)c3)cn2)c2ccccc2)cc1. The number of hydrogen-bond acceptors (Lipinski definition) is 4. The molecule has 1 amide bonds. The third kappa shape index (κ3) is 10.3. The minimum atomic E-state index is -0.525. The minimum Gasteiger partial charge on any atom is -0.319 e. The Hall–Kier alpha value is -4.29. The van der Waals surface area contributed by atoms with Gasteiger partial charge in [0.1, 0.15) is 11.9 Å². The van der Waals surface area contributed by atoms with E-state index in [4.69, 9.17) is 0 Å². The largest absolute Gasteiger partial charge is 0.319 e. The fourth-order valence-electron chi connectivity index (χ4n) is 3.88. The molecular formula is C35H44N4O2. The molecular weight excluding hydrogens is 508 g/mol. The summed E-state index contributed by atoms with van der Waals surface area (Å²) in [6, 6.07) is 24.7. The summed E-state index contributed by atoms with van der Waals surface area (Å²) in [6.45, 7) is 12.9. The number of aryl methyl sites for hydroxylation is 2. The van der Waals surface area contributed by atoms with Crippen LogP contribution in [0.5, 0.6) is 0 Å². The van der Waals surface area contributed by atoms with Crippen molar-refractivity contribution in [3.63, 3.8) is 0 Å². The quantitative estimate of drug-likeness (QED) is 0.223. The number of nitrogens with zero attached hydrogens (tertiary/aromatic N) is 2. The van der Waals surface area contributed by atoms with Crippen molar-refractivity contribution < 1.29 is 4.79 Å². The summed E-state index contributed by atoms with van der Waals surface area (Å²) in [4.78, 5) is 29.6. The number of pyridine rings is 2. The minimum absolute atomic E-state index is 0.0866. The summed E-state index contributed by atoms with van der Waals surface area (Å²) in [5.74, 6) is 0.517. The first-order valence-corrected chi connectivity index (χ1v) is 14.2. The smallest absolute Gasteiger partial charge is 0.250 e. The second kappa shape index (κ2) is 17.4. The van der Waals surface area contributed by atoms with Gasteiger partial charge in [0, 0.05) is 37.6 Å². The lowest BCUT2D eigenvalue weighted by atomic mass is 9.98. The number of carbonyl (C=O) groups is 1. The Morgan fingerprint density at radius 1 is 0.902 bits per heavy atom. The van der Waals surface area contributed by atoms with Gasteiger partial charge in [0.2, 0.25) is 5.91 Å². The molecule has 2 aromatic carbocycles. The standard InChI is InChI=1S/C29H30N4O2.C4H8.C2H6/c1-20-9-11-22(12-10-20)21(2)18-31-28(23-7-5-4-6-8-23)29(35)32-26-14-13-25(19-30-26)24-15-16-33(3)27(34)17-24;1-3-4-2;1-2/h4-17,19,21,28,31H,18H2,1-3H3,(H,30,32,35);3-4H,1-2H3;1-2H3/b;4-3-;. The summed E-state index contributed by atoms with van der Waals surface area (Å²) in [7, 11) is 1.71. The molecule has 6 heteroatoms. The maximum absolute atomic E-state index is 13.3. The van der Waals surface area contributed by atoms with Crippen molar-refractivity contribution in [2.75, 3.05) is 11.9 Å². The lowest BCUT2D eigenvalue weighted by Gasteiger charge is -2.21.